The molecule has 0 fully saturated rings. The van der Waals surface area contributed by atoms with Crippen molar-refractivity contribution in [2.75, 3.05) is 5.75 Å². The summed E-state index contributed by atoms with van der Waals surface area (Å²) in [5.74, 6) is 0.204. The van der Waals surface area contributed by atoms with Crippen molar-refractivity contribution in [2.24, 2.45) is 5.10 Å². The van der Waals surface area contributed by atoms with Crippen molar-refractivity contribution in [1.29, 1.82) is 0 Å². The molecule has 0 radical (unpaired) electrons. The van der Waals surface area contributed by atoms with E-state index in [9.17, 15) is 4.79 Å². The molecule has 1 aromatic carbocycles. The molecule has 6 heteroatoms. The van der Waals surface area contributed by atoms with Crippen LogP contribution in [0.4, 0.5) is 0 Å². The van der Waals surface area contributed by atoms with E-state index in [0.717, 1.165) is 33.1 Å². The number of hydrogen-bond acceptors (Lipinski definition) is 5. The normalized spacial score (nSPS) is 11.6. The lowest BCUT2D eigenvalue weighted by Gasteiger charge is -2.00. The highest BCUT2D eigenvalue weighted by molar-refractivity contribution is 8.01. The van der Waals surface area contributed by atoms with E-state index in [-0.39, 0.29) is 5.91 Å². The molecule has 2 aromatic rings. The van der Waals surface area contributed by atoms with Gasteiger partial charge in [-0.2, -0.15) is 5.10 Å². The van der Waals surface area contributed by atoms with Crippen LogP contribution >= 0.6 is 23.1 Å². The van der Waals surface area contributed by atoms with E-state index in [2.05, 4.69) is 22.1 Å². The zero-order chi connectivity index (χ0) is 15.1. The molecule has 0 saturated heterocycles. The number of rotatable bonds is 7. The minimum atomic E-state index is -0.114. The van der Waals surface area contributed by atoms with Gasteiger partial charge in [0, 0.05) is 5.71 Å². The predicted molar refractivity (Wildman–Crippen MR) is 91.0 cm³/mol. The van der Waals surface area contributed by atoms with E-state index >= 15 is 0 Å². The Hall–Kier alpha value is -1.66. The number of nitrogens with zero attached hydrogens (tertiary/aromatic N) is 2. The molecule has 1 heterocycles. The predicted octanol–water partition coefficient (Wildman–Crippen LogP) is 3.85. The quantitative estimate of drug-likeness (QED) is 0.365. The molecule has 21 heavy (non-hydrogen) atoms. The van der Waals surface area contributed by atoms with E-state index in [4.69, 9.17) is 0 Å². The Balaban J connectivity index is 1.82. The number of para-hydroxylation sites is 1. The summed E-state index contributed by atoms with van der Waals surface area (Å²) in [5, 5.41) is 4.06. The number of nitrogens with one attached hydrogen (secondary N) is 1. The summed E-state index contributed by atoms with van der Waals surface area (Å²) in [6.45, 7) is 5.55. The molecule has 4 nitrogen and oxygen atoms in total. The third-order valence-corrected chi connectivity index (χ3v) is 4.86. The fourth-order valence-corrected chi connectivity index (χ4v) is 3.46. The Morgan fingerprint density at radius 3 is 3.10 bits per heavy atom. The molecule has 1 N–H and O–H groups in total. The van der Waals surface area contributed by atoms with Gasteiger partial charge >= 0.3 is 0 Å². The third kappa shape index (κ3) is 4.99. The highest BCUT2D eigenvalue weighted by Crippen LogP contribution is 2.28. The van der Waals surface area contributed by atoms with Gasteiger partial charge in [0.2, 0.25) is 0 Å². The average molecular weight is 319 g/mol. The van der Waals surface area contributed by atoms with E-state index in [1.165, 1.54) is 11.8 Å². The molecule has 0 spiro atoms. The van der Waals surface area contributed by atoms with Gasteiger partial charge < -0.3 is 0 Å². The van der Waals surface area contributed by atoms with Crippen molar-refractivity contribution in [3.05, 3.63) is 36.9 Å². The summed E-state index contributed by atoms with van der Waals surface area (Å²) in [4.78, 5) is 16.2. The maximum atomic E-state index is 11.7. The van der Waals surface area contributed by atoms with Crippen LogP contribution in [-0.4, -0.2) is 22.4 Å². The van der Waals surface area contributed by atoms with Gasteiger partial charge in [-0.3, -0.25) is 4.79 Å². The number of thioether (sulfide) groups is 1. The fraction of sp³-hybridized carbons (Fsp3) is 0.267. The first kappa shape index (κ1) is 15.7. The van der Waals surface area contributed by atoms with E-state index in [1.807, 2.05) is 37.3 Å². The van der Waals surface area contributed by atoms with E-state index in [0.29, 0.717) is 5.75 Å². The second kappa shape index (κ2) is 7.95. The highest BCUT2D eigenvalue weighted by atomic mass is 32.2. The van der Waals surface area contributed by atoms with Crippen LogP contribution in [0.15, 0.2) is 46.4 Å². The first-order valence-corrected chi connectivity index (χ1v) is 8.40. The van der Waals surface area contributed by atoms with Gasteiger partial charge in [0.05, 0.1) is 16.0 Å². The van der Waals surface area contributed by atoms with Crippen LogP contribution in [-0.2, 0) is 4.79 Å². The molecular weight excluding hydrogens is 302 g/mol. The molecule has 110 valence electrons. The Morgan fingerprint density at radius 2 is 2.33 bits per heavy atom. The SMILES string of the molecule is C=CCCC(C)=NNC(=O)CSc1nc2ccccc2s1. The van der Waals surface area contributed by atoms with Gasteiger partial charge in [-0.15, -0.1) is 17.9 Å². The number of aromatic nitrogens is 1. The molecule has 1 amide bonds. The summed E-state index contributed by atoms with van der Waals surface area (Å²) in [6, 6.07) is 7.96. The maximum Gasteiger partial charge on any atom is 0.250 e. The fourth-order valence-electron chi connectivity index (χ4n) is 1.60. The minimum absolute atomic E-state index is 0.114. The van der Waals surface area contributed by atoms with Gasteiger partial charge in [0.25, 0.3) is 5.91 Å². The Kier molecular flexibility index (Phi) is 5.95. The number of hydrazone groups is 1. The van der Waals surface area contributed by atoms with Crippen molar-refractivity contribution in [3.8, 4) is 0 Å². The summed E-state index contributed by atoms with van der Waals surface area (Å²) in [5.41, 5.74) is 4.44. The van der Waals surface area contributed by atoms with Crippen LogP contribution in [0.2, 0.25) is 0 Å². The van der Waals surface area contributed by atoms with Crippen molar-refractivity contribution < 1.29 is 4.79 Å². The summed E-state index contributed by atoms with van der Waals surface area (Å²) < 4.78 is 2.04. The Labute approximate surface area is 132 Å². The van der Waals surface area contributed by atoms with Gasteiger partial charge in [-0.1, -0.05) is 30.0 Å². The molecule has 2 rings (SSSR count). The van der Waals surface area contributed by atoms with Crippen molar-refractivity contribution in [2.45, 2.75) is 24.1 Å². The van der Waals surface area contributed by atoms with E-state index < -0.39 is 0 Å². The smallest absolute Gasteiger partial charge is 0.250 e. The van der Waals surface area contributed by atoms with Crippen LogP contribution in [0, 0.1) is 0 Å². The number of allylic oxidation sites excluding steroid dienone is 1. The largest absolute Gasteiger partial charge is 0.272 e. The van der Waals surface area contributed by atoms with Crippen LogP contribution in [0.3, 0.4) is 0 Å². The Bertz CT molecular complexity index is 631. The topological polar surface area (TPSA) is 54.4 Å². The van der Waals surface area contributed by atoms with Gasteiger partial charge in [0.15, 0.2) is 4.34 Å². The van der Waals surface area contributed by atoms with Gasteiger partial charge in [-0.25, -0.2) is 10.4 Å². The van der Waals surface area contributed by atoms with Gasteiger partial charge in [-0.05, 0) is 31.9 Å². The number of amides is 1. The average Bonchev–Trinajstić information content (AvgIpc) is 2.91. The first-order valence-electron chi connectivity index (χ1n) is 6.60. The van der Waals surface area contributed by atoms with Crippen LogP contribution < -0.4 is 5.43 Å². The second-order valence-corrected chi connectivity index (χ2v) is 6.70. The number of hydrogen-bond donors (Lipinski definition) is 1. The second-order valence-electron chi connectivity index (χ2n) is 4.45. The maximum absolute atomic E-state index is 11.7. The Morgan fingerprint density at radius 1 is 1.52 bits per heavy atom. The number of carbonyl (C=O) groups is 1. The monoisotopic (exact) mass is 319 g/mol. The molecule has 1 aromatic heterocycles. The molecule has 0 atom stereocenters. The van der Waals surface area contributed by atoms with Crippen LogP contribution in [0.25, 0.3) is 10.2 Å². The van der Waals surface area contributed by atoms with Crippen molar-refractivity contribution >= 4 is 44.9 Å². The van der Waals surface area contributed by atoms with Crippen LogP contribution in [0.1, 0.15) is 19.8 Å². The van der Waals surface area contributed by atoms with E-state index in [1.54, 1.807) is 11.3 Å². The minimum Gasteiger partial charge on any atom is -0.272 e. The molecule has 0 saturated carbocycles. The number of benzene rings is 1. The lowest BCUT2D eigenvalue weighted by atomic mass is 10.2. The standard InChI is InChI=1S/C15H17N3OS2/c1-3-4-7-11(2)17-18-14(19)10-20-15-16-12-8-5-6-9-13(12)21-15/h3,5-6,8-9H,1,4,7,10H2,2H3,(H,18,19). The molecule has 0 aliphatic carbocycles. The number of carbonyl (C=O) groups excluding carboxylic acids is 1. The van der Waals surface area contributed by atoms with Crippen LogP contribution in [0.5, 0.6) is 0 Å². The molecule has 0 aliphatic heterocycles. The summed E-state index contributed by atoms with van der Waals surface area (Å²) in [7, 11) is 0. The zero-order valence-electron chi connectivity index (χ0n) is 11.8. The van der Waals surface area contributed by atoms with Crippen molar-refractivity contribution in [1.82, 2.24) is 10.4 Å². The molecule has 0 bridgehead atoms. The number of fused-ring (bicyclic) bond motifs is 1. The number of thiazole rings is 1. The highest BCUT2D eigenvalue weighted by Gasteiger charge is 2.07. The van der Waals surface area contributed by atoms with Crippen molar-refractivity contribution in [3.63, 3.8) is 0 Å². The molecular formula is C15H17N3OS2. The lowest BCUT2D eigenvalue weighted by molar-refractivity contribution is -0.118. The third-order valence-electron chi connectivity index (χ3n) is 2.68. The zero-order valence-corrected chi connectivity index (χ0v) is 13.5. The summed E-state index contributed by atoms with van der Waals surface area (Å²) >= 11 is 3.03. The first-order chi connectivity index (χ1) is 10.2. The summed E-state index contributed by atoms with van der Waals surface area (Å²) in [6.07, 6.45) is 3.52. The molecule has 0 unspecified atom stereocenters. The van der Waals surface area contributed by atoms with Gasteiger partial charge in [0.1, 0.15) is 0 Å². The lowest BCUT2D eigenvalue weighted by Crippen LogP contribution is -2.20. The molecule has 0 aliphatic rings.